The van der Waals surface area contributed by atoms with E-state index in [1.165, 1.54) is 12.1 Å². The molecule has 2 rings (SSSR count). The largest absolute Gasteiger partial charge is 0.416 e. The van der Waals surface area contributed by atoms with E-state index in [1.807, 2.05) is 0 Å². The lowest BCUT2D eigenvalue weighted by atomic mass is 10.1. The molecule has 1 N–H and O–H groups in total. The zero-order chi connectivity index (χ0) is 15.6. The summed E-state index contributed by atoms with van der Waals surface area (Å²) in [6.07, 6.45) is -2.96. The predicted octanol–water partition coefficient (Wildman–Crippen LogP) is 3.08. The number of alkyl halides is 3. The fourth-order valence-corrected chi connectivity index (χ4v) is 2.74. The quantitative estimate of drug-likeness (QED) is 0.932. The summed E-state index contributed by atoms with van der Waals surface area (Å²) in [6, 6.07) is 4.38. The number of halogens is 3. The van der Waals surface area contributed by atoms with Crippen LogP contribution in [0.2, 0.25) is 0 Å². The van der Waals surface area contributed by atoms with Gasteiger partial charge in [0.15, 0.2) is 0 Å². The molecule has 21 heavy (non-hydrogen) atoms. The molecule has 6 heteroatoms. The second kappa shape index (κ2) is 6.05. The van der Waals surface area contributed by atoms with E-state index < -0.39 is 23.8 Å². The molecule has 116 valence electrons. The van der Waals surface area contributed by atoms with E-state index in [4.69, 9.17) is 0 Å². The highest BCUT2D eigenvalue weighted by Gasteiger charge is 2.33. The number of amides is 1. The maximum atomic E-state index is 12.7. The summed E-state index contributed by atoms with van der Waals surface area (Å²) in [5.74, 6) is -0.399. The van der Waals surface area contributed by atoms with Crippen molar-refractivity contribution in [1.29, 1.82) is 0 Å². The molecule has 1 heterocycles. The number of carbonyl (C=O) groups is 1. The number of hydrogen-bond donors (Lipinski definition) is 1. The van der Waals surface area contributed by atoms with Crippen molar-refractivity contribution < 1.29 is 23.1 Å². The van der Waals surface area contributed by atoms with E-state index >= 15 is 0 Å². The van der Waals surface area contributed by atoms with E-state index in [0.29, 0.717) is 13.0 Å². The van der Waals surface area contributed by atoms with E-state index in [1.54, 1.807) is 11.8 Å². The Kier molecular flexibility index (Phi) is 4.56. The molecule has 0 spiro atoms. The van der Waals surface area contributed by atoms with Gasteiger partial charge in [-0.2, -0.15) is 13.2 Å². The van der Waals surface area contributed by atoms with Crippen molar-refractivity contribution in [3.63, 3.8) is 0 Å². The normalized spacial score (nSPS) is 20.6. The van der Waals surface area contributed by atoms with E-state index in [2.05, 4.69) is 0 Å². The Hall–Kier alpha value is -1.56. The van der Waals surface area contributed by atoms with Crippen LogP contribution in [0.3, 0.4) is 0 Å². The Morgan fingerprint density at radius 3 is 2.81 bits per heavy atom. The van der Waals surface area contributed by atoms with Gasteiger partial charge < -0.3 is 10.0 Å². The molecule has 0 bridgehead atoms. The molecule has 0 radical (unpaired) electrons. The molecule has 1 aliphatic rings. The van der Waals surface area contributed by atoms with Gasteiger partial charge in [-0.15, -0.1) is 0 Å². The number of hydrogen-bond acceptors (Lipinski definition) is 2. The zero-order valence-corrected chi connectivity index (χ0v) is 11.7. The third kappa shape index (κ3) is 3.75. The van der Waals surface area contributed by atoms with Crippen LogP contribution < -0.4 is 0 Å². The topological polar surface area (TPSA) is 40.5 Å². The highest BCUT2D eigenvalue weighted by atomic mass is 19.4. The van der Waals surface area contributed by atoms with Gasteiger partial charge in [0.1, 0.15) is 0 Å². The molecule has 2 unspecified atom stereocenters. The molecule has 0 aromatic heterocycles. The van der Waals surface area contributed by atoms with Gasteiger partial charge in [-0.05, 0) is 44.4 Å². The zero-order valence-electron chi connectivity index (χ0n) is 11.7. The molecule has 1 aromatic carbocycles. The highest BCUT2D eigenvalue weighted by molar-refractivity contribution is 5.94. The maximum Gasteiger partial charge on any atom is 0.416 e. The third-order valence-electron chi connectivity index (χ3n) is 3.69. The standard InChI is InChI=1S/C15H18F3NO2/c1-10(20)8-13-6-3-7-19(13)14(21)11-4-2-5-12(9-11)15(16,17)18/h2,4-5,9-10,13,20H,3,6-8H2,1H3. The number of nitrogens with zero attached hydrogens (tertiary/aromatic N) is 1. The van der Waals surface area contributed by atoms with Crippen molar-refractivity contribution in [1.82, 2.24) is 4.90 Å². The average Bonchev–Trinajstić information content (AvgIpc) is 2.84. The molecule has 1 amide bonds. The molecule has 1 aliphatic heterocycles. The number of rotatable bonds is 3. The van der Waals surface area contributed by atoms with Crippen LogP contribution in [0, 0.1) is 0 Å². The summed E-state index contributed by atoms with van der Waals surface area (Å²) in [6.45, 7) is 2.16. The molecular weight excluding hydrogens is 283 g/mol. The van der Waals surface area contributed by atoms with Gasteiger partial charge in [0.05, 0.1) is 11.7 Å². The Morgan fingerprint density at radius 1 is 1.48 bits per heavy atom. The Labute approximate surface area is 121 Å². The number of likely N-dealkylation sites (tertiary alicyclic amines) is 1. The predicted molar refractivity (Wildman–Crippen MR) is 71.8 cm³/mol. The molecule has 0 aliphatic carbocycles. The SMILES string of the molecule is CC(O)CC1CCCN1C(=O)c1cccc(C(F)(F)F)c1. The number of aliphatic hydroxyl groups is 1. The second-order valence-electron chi connectivity index (χ2n) is 5.46. The fourth-order valence-electron chi connectivity index (χ4n) is 2.74. The summed E-state index contributed by atoms with van der Waals surface area (Å²) in [4.78, 5) is 14.0. The lowest BCUT2D eigenvalue weighted by Gasteiger charge is -2.26. The number of benzene rings is 1. The Balaban J connectivity index is 2.20. The summed E-state index contributed by atoms with van der Waals surface area (Å²) < 4.78 is 38.1. The van der Waals surface area contributed by atoms with Gasteiger partial charge in [-0.25, -0.2) is 0 Å². The van der Waals surface area contributed by atoms with E-state index in [-0.39, 0.29) is 11.6 Å². The maximum absolute atomic E-state index is 12.7. The van der Waals surface area contributed by atoms with Crippen molar-refractivity contribution >= 4 is 5.91 Å². The minimum atomic E-state index is -4.46. The van der Waals surface area contributed by atoms with E-state index in [0.717, 1.165) is 25.0 Å². The van der Waals surface area contributed by atoms with Gasteiger partial charge in [-0.1, -0.05) is 6.07 Å². The summed E-state index contributed by atoms with van der Waals surface area (Å²) >= 11 is 0. The van der Waals surface area contributed by atoms with Crippen LogP contribution >= 0.6 is 0 Å². The lowest BCUT2D eigenvalue weighted by Crippen LogP contribution is -2.37. The van der Waals surface area contributed by atoms with Gasteiger partial charge in [0.2, 0.25) is 0 Å². The minimum Gasteiger partial charge on any atom is -0.393 e. The lowest BCUT2D eigenvalue weighted by molar-refractivity contribution is -0.137. The molecular formula is C15H18F3NO2. The first-order chi connectivity index (χ1) is 9.79. The second-order valence-corrected chi connectivity index (χ2v) is 5.46. The van der Waals surface area contributed by atoms with Crippen LogP contribution in [-0.4, -0.2) is 34.6 Å². The average molecular weight is 301 g/mol. The van der Waals surface area contributed by atoms with Crippen LogP contribution in [0.5, 0.6) is 0 Å². The van der Waals surface area contributed by atoms with Crippen molar-refractivity contribution in [3.8, 4) is 0 Å². The number of carbonyl (C=O) groups excluding carboxylic acids is 1. The molecule has 1 fully saturated rings. The van der Waals surface area contributed by atoms with Crippen LogP contribution in [0.1, 0.15) is 42.1 Å². The van der Waals surface area contributed by atoms with Crippen LogP contribution in [0.25, 0.3) is 0 Å². The van der Waals surface area contributed by atoms with Crippen molar-refractivity contribution in [3.05, 3.63) is 35.4 Å². The summed E-state index contributed by atoms with van der Waals surface area (Å²) in [7, 11) is 0. The smallest absolute Gasteiger partial charge is 0.393 e. The molecule has 0 saturated carbocycles. The number of aliphatic hydroxyl groups excluding tert-OH is 1. The summed E-state index contributed by atoms with van der Waals surface area (Å²) in [5.41, 5.74) is -0.776. The van der Waals surface area contributed by atoms with Gasteiger partial charge in [0, 0.05) is 18.2 Å². The third-order valence-corrected chi connectivity index (χ3v) is 3.69. The first-order valence-electron chi connectivity index (χ1n) is 6.95. The van der Waals surface area contributed by atoms with Crippen LogP contribution in [0.15, 0.2) is 24.3 Å². The first kappa shape index (κ1) is 15.8. The minimum absolute atomic E-state index is 0.0438. The van der Waals surface area contributed by atoms with Crippen LogP contribution in [0.4, 0.5) is 13.2 Å². The van der Waals surface area contributed by atoms with Crippen molar-refractivity contribution in [2.75, 3.05) is 6.54 Å². The van der Waals surface area contributed by atoms with Crippen molar-refractivity contribution in [2.24, 2.45) is 0 Å². The molecule has 1 saturated heterocycles. The monoisotopic (exact) mass is 301 g/mol. The van der Waals surface area contributed by atoms with Gasteiger partial charge in [0.25, 0.3) is 5.91 Å². The molecule has 2 atom stereocenters. The van der Waals surface area contributed by atoms with E-state index in [9.17, 15) is 23.1 Å². The van der Waals surface area contributed by atoms with Gasteiger partial charge >= 0.3 is 6.18 Å². The first-order valence-corrected chi connectivity index (χ1v) is 6.95. The van der Waals surface area contributed by atoms with Gasteiger partial charge in [-0.3, -0.25) is 4.79 Å². The Bertz CT molecular complexity index is 514. The fraction of sp³-hybridized carbons (Fsp3) is 0.533. The van der Waals surface area contributed by atoms with Crippen LogP contribution in [-0.2, 0) is 6.18 Å². The van der Waals surface area contributed by atoms with Crippen molar-refractivity contribution in [2.45, 2.75) is 44.5 Å². The highest BCUT2D eigenvalue weighted by Crippen LogP contribution is 2.30. The molecule has 1 aromatic rings. The summed E-state index contributed by atoms with van der Waals surface area (Å²) in [5, 5.41) is 9.45. The molecule has 3 nitrogen and oxygen atoms in total. The Morgan fingerprint density at radius 2 is 2.19 bits per heavy atom.